The van der Waals surface area contributed by atoms with Gasteiger partial charge in [-0.2, -0.15) is 0 Å². The molecular formula is C20H21NO3. The summed E-state index contributed by atoms with van der Waals surface area (Å²) >= 11 is 0. The van der Waals surface area contributed by atoms with E-state index in [0.29, 0.717) is 23.9 Å². The van der Waals surface area contributed by atoms with Crippen LogP contribution < -0.4 is 15.3 Å². The Kier molecular flexibility index (Phi) is 6.34. The molecule has 0 fully saturated rings. The number of nitrogens with zero attached hydrogens (tertiary/aromatic N) is 1. The molecule has 0 aliphatic carbocycles. The molecule has 0 unspecified atom stereocenters. The first-order valence-electron chi connectivity index (χ1n) is 7.47. The normalized spacial score (nSPS) is 12.1. The Morgan fingerprint density at radius 3 is 2.67 bits per heavy atom. The number of rotatable bonds is 7. The van der Waals surface area contributed by atoms with Crippen LogP contribution in [0.4, 0.5) is 0 Å². The van der Waals surface area contributed by atoms with Gasteiger partial charge in [0, 0.05) is 24.1 Å². The fraction of sp³-hybridized carbons (Fsp3) is 0.150. The van der Waals surface area contributed by atoms with Crippen molar-refractivity contribution in [1.29, 1.82) is 0 Å². The summed E-state index contributed by atoms with van der Waals surface area (Å²) in [5, 5.41) is 1.52. The number of ether oxygens (including phenoxy) is 3. The van der Waals surface area contributed by atoms with Crippen LogP contribution in [0.5, 0.6) is 11.5 Å². The number of methoxy groups -OCH3 is 2. The second kappa shape index (κ2) is 8.70. The molecule has 0 aliphatic rings. The van der Waals surface area contributed by atoms with Crippen LogP contribution >= 0.6 is 0 Å². The standard InChI is InChI=1S/C20H21NO3/c1-5-16-8-6-7-9-19(16)24-20-10-12-21-18(11-13-22-3)17(20)14-15(2)23-4/h5-12,14H,1-2,13H2,3-4H3/b17-14+,18-11+. The van der Waals surface area contributed by atoms with Crippen LogP contribution in [0.15, 0.2) is 55.4 Å². The van der Waals surface area contributed by atoms with E-state index >= 15 is 0 Å². The van der Waals surface area contributed by atoms with Gasteiger partial charge in [0.1, 0.15) is 17.3 Å². The van der Waals surface area contributed by atoms with Crippen molar-refractivity contribution in [2.45, 2.75) is 0 Å². The third-order valence-electron chi connectivity index (χ3n) is 3.35. The Labute approximate surface area is 142 Å². The minimum Gasteiger partial charge on any atom is -0.497 e. The van der Waals surface area contributed by atoms with E-state index in [0.717, 1.165) is 16.1 Å². The first-order valence-corrected chi connectivity index (χ1v) is 7.47. The molecule has 0 amide bonds. The SMILES string of the molecule is C=Cc1ccccc1Oc1ccnc(=C/COC)/c1=C\C(=C)OC. The molecule has 124 valence electrons. The summed E-state index contributed by atoms with van der Waals surface area (Å²) < 4.78 is 16.4. The predicted octanol–water partition coefficient (Wildman–Crippen LogP) is 2.88. The smallest absolute Gasteiger partial charge is 0.138 e. The van der Waals surface area contributed by atoms with Crippen molar-refractivity contribution in [3.63, 3.8) is 0 Å². The molecule has 0 radical (unpaired) electrons. The van der Waals surface area contributed by atoms with Gasteiger partial charge in [0.05, 0.1) is 19.1 Å². The van der Waals surface area contributed by atoms with E-state index in [9.17, 15) is 0 Å². The Morgan fingerprint density at radius 2 is 1.96 bits per heavy atom. The van der Waals surface area contributed by atoms with Gasteiger partial charge in [-0.15, -0.1) is 0 Å². The molecule has 4 heteroatoms. The van der Waals surface area contributed by atoms with Crippen LogP contribution in [-0.2, 0) is 9.47 Å². The second-order valence-corrected chi connectivity index (χ2v) is 4.93. The van der Waals surface area contributed by atoms with E-state index in [1.165, 1.54) is 0 Å². The van der Waals surface area contributed by atoms with Gasteiger partial charge >= 0.3 is 0 Å². The zero-order chi connectivity index (χ0) is 17.4. The minimum absolute atomic E-state index is 0.444. The summed E-state index contributed by atoms with van der Waals surface area (Å²) in [6.07, 6.45) is 7.12. The lowest BCUT2D eigenvalue weighted by Gasteiger charge is -2.10. The lowest BCUT2D eigenvalue weighted by molar-refractivity contribution is 0.243. The maximum Gasteiger partial charge on any atom is 0.138 e. The Hall–Kier alpha value is -2.85. The van der Waals surface area contributed by atoms with Crippen LogP contribution in [-0.4, -0.2) is 25.8 Å². The number of aromatic nitrogens is 1. The Bertz CT molecular complexity index is 840. The monoisotopic (exact) mass is 323 g/mol. The molecule has 1 aromatic heterocycles. The summed E-state index contributed by atoms with van der Waals surface area (Å²) in [5.74, 6) is 1.88. The van der Waals surface area contributed by atoms with Crippen molar-refractivity contribution in [1.82, 2.24) is 4.98 Å². The van der Waals surface area contributed by atoms with E-state index in [1.807, 2.05) is 30.3 Å². The Balaban J connectivity index is 2.59. The fourth-order valence-corrected chi connectivity index (χ4v) is 2.11. The highest BCUT2D eigenvalue weighted by atomic mass is 16.5. The van der Waals surface area contributed by atoms with Gasteiger partial charge in [-0.1, -0.05) is 37.4 Å². The van der Waals surface area contributed by atoms with Crippen LogP contribution in [0.25, 0.3) is 18.2 Å². The second-order valence-electron chi connectivity index (χ2n) is 4.93. The summed E-state index contributed by atoms with van der Waals surface area (Å²) in [4.78, 5) is 4.38. The van der Waals surface area contributed by atoms with Crippen molar-refractivity contribution in [3.05, 3.63) is 71.6 Å². The summed E-state index contributed by atoms with van der Waals surface area (Å²) in [5.41, 5.74) is 0.910. The third-order valence-corrected chi connectivity index (χ3v) is 3.35. The van der Waals surface area contributed by atoms with Crippen molar-refractivity contribution < 1.29 is 14.2 Å². The van der Waals surface area contributed by atoms with Gasteiger partial charge in [0.15, 0.2) is 0 Å². The van der Waals surface area contributed by atoms with E-state index in [-0.39, 0.29) is 0 Å². The topological polar surface area (TPSA) is 40.6 Å². The number of para-hydroxylation sites is 1. The molecule has 24 heavy (non-hydrogen) atoms. The molecule has 0 bridgehead atoms. The maximum atomic E-state index is 6.10. The van der Waals surface area contributed by atoms with Gasteiger partial charge in [0.25, 0.3) is 0 Å². The van der Waals surface area contributed by atoms with Crippen molar-refractivity contribution >= 4 is 18.2 Å². The molecule has 1 aromatic carbocycles. The summed E-state index contributed by atoms with van der Waals surface area (Å²) in [6.45, 7) is 8.11. The van der Waals surface area contributed by atoms with E-state index < -0.39 is 0 Å². The molecular weight excluding hydrogens is 302 g/mol. The lowest BCUT2D eigenvalue weighted by atomic mass is 10.2. The first kappa shape index (κ1) is 17.5. The maximum absolute atomic E-state index is 6.10. The zero-order valence-corrected chi connectivity index (χ0v) is 14.0. The predicted molar refractivity (Wildman–Crippen MR) is 97.0 cm³/mol. The third kappa shape index (κ3) is 4.33. The lowest BCUT2D eigenvalue weighted by Crippen LogP contribution is -2.30. The van der Waals surface area contributed by atoms with E-state index in [4.69, 9.17) is 14.2 Å². The quantitative estimate of drug-likeness (QED) is 0.735. The van der Waals surface area contributed by atoms with E-state index in [2.05, 4.69) is 18.1 Å². The first-order chi connectivity index (χ1) is 11.7. The molecule has 0 aliphatic heterocycles. The Morgan fingerprint density at radius 1 is 1.17 bits per heavy atom. The van der Waals surface area contributed by atoms with E-state index in [1.54, 1.807) is 38.6 Å². The molecule has 1 heterocycles. The average Bonchev–Trinajstić information content (AvgIpc) is 2.62. The zero-order valence-electron chi connectivity index (χ0n) is 14.0. The molecule has 0 saturated carbocycles. The molecule has 0 atom stereocenters. The summed E-state index contributed by atoms with van der Waals surface area (Å²) in [6, 6.07) is 9.50. The van der Waals surface area contributed by atoms with Gasteiger partial charge in [-0.3, -0.25) is 4.98 Å². The van der Waals surface area contributed by atoms with Crippen molar-refractivity contribution in [2.75, 3.05) is 20.8 Å². The molecule has 0 spiro atoms. The number of benzene rings is 1. The fourth-order valence-electron chi connectivity index (χ4n) is 2.11. The largest absolute Gasteiger partial charge is 0.497 e. The molecule has 0 N–H and O–H groups in total. The number of hydrogen-bond donors (Lipinski definition) is 0. The van der Waals surface area contributed by atoms with Gasteiger partial charge in [-0.25, -0.2) is 0 Å². The highest BCUT2D eigenvalue weighted by Crippen LogP contribution is 2.23. The van der Waals surface area contributed by atoms with Crippen LogP contribution in [0, 0.1) is 0 Å². The molecule has 2 rings (SSSR count). The highest BCUT2D eigenvalue weighted by Gasteiger charge is 2.05. The highest BCUT2D eigenvalue weighted by molar-refractivity contribution is 5.57. The van der Waals surface area contributed by atoms with Crippen molar-refractivity contribution in [2.24, 2.45) is 0 Å². The van der Waals surface area contributed by atoms with Gasteiger partial charge < -0.3 is 14.2 Å². The van der Waals surface area contributed by atoms with Crippen LogP contribution in [0.1, 0.15) is 5.56 Å². The number of hydrogen-bond acceptors (Lipinski definition) is 4. The van der Waals surface area contributed by atoms with Crippen LogP contribution in [0.3, 0.4) is 0 Å². The number of pyridine rings is 1. The van der Waals surface area contributed by atoms with Crippen LogP contribution in [0.2, 0.25) is 0 Å². The molecule has 4 nitrogen and oxygen atoms in total. The van der Waals surface area contributed by atoms with Crippen molar-refractivity contribution in [3.8, 4) is 11.5 Å². The number of allylic oxidation sites excluding steroid dienone is 1. The minimum atomic E-state index is 0.444. The summed E-state index contributed by atoms with van der Waals surface area (Å²) in [7, 11) is 3.20. The molecule has 2 aromatic rings. The van der Waals surface area contributed by atoms with Gasteiger partial charge in [0.2, 0.25) is 0 Å². The molecule has 0 saturated heterocycles. The van der Waals surface area contributed by atoms with Gasteiger partial charge in [-0.05, 0) is 24.3 Å². The average molecular weight is 323 g/mol.